The van der Waals surface area contributed by atoms with Crippen molar-refractivity contribution in [2.45, 2.75) is 6.18 Å². The quantitative estimate of drug-likeness (QED) is 0.503. The molecule has 0 bridgehead atoms. The second-order valence-electron chi connectivity index (χ2n) is 6.03. The molecule has 4 rings (SSSR count). The molecule has 0 aliphatic heterocycles. The summed E-state index contributed by atoms with van der Waals surface area (Å²) in [5.41, 5.74) is -2.31. The molecule has 2 aromatic heterocycles. The molecule has 1 N–H and O–H groups in total. The smallest absolute Gasteiger partial charge is 0.418 e. The van der Waals surface area contributed by atoms with Crippen LogP contribution >= 0.6 is 0 Å². The van der Waals surface area contributed by atoms with E-state index >= 15 is 0 Å². The van der Waals surface area contributed by atoms with Crippen LogP contribution in [-0.4, -0.2) is 17.2 Å². The lowest BCUT2D eigenvalue weighted by Gasteiger charge is -2.12. The molecule has 0 atom stereocenters. The zero-order valence-corrected chi connectivity index (χ0v) is 14.4. The Labute approximate surface area is 155 Å². The van der Waals surface area contributed by atoms with Gasteiger partial charge in [0.05, 0.1) is 29.3 Å². The molecule has 8 heteroatoms. The molecular formula is C20H12F3NO4. The molecule has 0 aliphatic rings. The highest BCUT2D eigenvalue weighted by atomic mass is 19.4. The molecule has 0 amide bonds. The molecule has 0 unspecified atom stereocenters. The van der Waals surface area contributed by atoms with Crippen molar-refractivity contribution in [1.29, 1.82) is 0 Å². The number of phenolic OH excluding ortho intramolecular Hbond substituents is 1. The minimum absolute atomic E-state index is 0.0760. The van der Waals surface area contributed by atoms with E-state index in [2.05, 4.69) is 4.98 Å². The first kappa shape index (κ1) is 17.8. The van der Waals surface area contributed by atoms with E-state index in [1.165, 1.54) is 31.5 Å². The predicted molar refractivity (Wildman–Crippen MR) is 96.4 cm³/mol. The van der Waals surface area contributed by atoms with Crippen molar-refractivity contribution >= 4 is 21.7 Å². The van der Waals surface area contributed by atoms with Crippen molar-refractivity contribution in [3.63, 3.8) is 0 Å². The summed E-state index contributed by atoms with van der Waals surface area (Å²) in [6.45, 7) is 0. The number of alkyl halides is 3. The molecule has 0 saturated heterocycles. The van der Waals surface area contributed by atoms with Gasteiger partial charge in [0.15, 0.2) is 11.5 Å². The van der Waals surface area contributed by atoms with Gasteiger partial charge in [0.25, 0.3) is 0 Å². The second-order valence-corrected chi connectivity index (χ2v) is 6.03. The summed E-state index contributed by atoms with van der Waals surface area (Å²) >= 11 is 0. The lowest BCUT2D eigenvalue weighted by molar-refractivity contribution is -0.137. The number of ether oxygens (including phenoxy) is 1. The summed E-state index contributed by atoms with van der Waals surface area (Å²) in [6, 6.07) is 7.93. The first-order valence-corrected chi connectivity index (χ1v) is 8.09. The molecule has 4 aromatic rings. The van der Waals surface area contributed by atoms with Crippen LogP contribution in [0.4, 0.5) is 13.2 Å². The van der Waals surface area contributed by atoms with Crippen LogP contribution in [0, 0.1) is 0 Å². The SMILES string of the molecule is COc1c(O)ccc2c1ccc1occ(-c3ncccc3C(F)(F)F)c(=O)c12. The van der Waals surface area contributed by atoms with Crippen LogP contribution in [0.5, 0.6) is 11.5 Å². The fourth-order valence-electron chi connectivity index (χ4n) is 3.22. The van der Waals surface area contributed by atoms with Crippen LogP contribution in [-0.2, 0) is 6.18 Å². The van der Waals surface area contributed by atoms with Crippen LogP contribution < -0.4 is 10.2 Å². The third-order valence-electron chi connectivity index (χ3n) is 4.44. The Morgan fingerprint density at radius 2 is 1.86 bits per heavy atom. The standard InChI is InChI=1S/C20H12F3NO4/c1-27-19-11-5-7-15-16(10(11)4-6-14(19)25)18(26)12(9-28-15)17-13(20(21,22)23)3-2-8-24-17/h2-9,25H,1H3. The van der Waals surface area contributed by atoms with E-state index in [4.69, 9.17) is 9.15 Å². The summed E-state index contributed by atoms with van der Waals surface area (Å²) in [7, 11) is 1.36. The first-order chi connectivity index (χ1) is 13.3. The van der Waals surface area contributed by atoms with E-state index in [1.54, 1.807) is 6.07 Å². The lowest BCUT2D eigenvalue weighted by Crippen LogP contribution is -2.13. The number of nitrogens with zero attached hydrogens (tertiary/aromatic N) is 1. The molecule has 0 spiro atoms. The zero-order chi connectivity index (χ0) is 20.1. The highest BCUT2D eigenvalue weighted by molar-refractivity contribution is 6.09. The normalized spacial score (nSPS) is 11.9. The summed E-state index contributed by atoms with van der Waals surface area (Å²) in [5.74, 6) is 0.0250. The predicted octanol–water partition coefficient (Wildman–Crippen LogP) is 4.74. The number of pyridine rings is 1. The van der Waals surface area contributed by atoms with Crippen molar-refractivity contribution in [1.82, 2.24) is 4.98 Å². The number of rotatable bonds is 2. The molecule has 0 radical (unpaired) electrons. The molecule has 0 saturated carbocycles. The van der Waals surface area contributed by atoms with Gasteiger partial charge in [-0.3, -0.25) is 9.78 Å². The van der Waals surface area contributed by atoms with Gasteiger partial charge in [-0.05, 0) is 36.4 Å². The largest absolute Gasteiger partial charge is 0.504 e. The Balaban J connectivity index is 2.11. The van der Waals surface area contributed by atoms with Crippen LogP contribution in [0.15, 0.2) is 58.1 Å². The molecule has 28 heavy (non-hydrogen) atoms. The molecule has 142 valence electrons. The van der Waals surface area contributed by atoms with Gasteiger partial charge < -0.3 is 14.3 Å². The summed E-state index contributed by atoms with van der Waals surface area (Å²) < 4.78 is 50.7. The Morgan fingerprint density at radius 3 is 2.57 bits per heavy atom. The van der Waals surface area contributed by atoms with E-state index in [1.807, 2.05) is 0 Å². The average molecular weight is 387 g/mol. The van der Waals surface area contributed by atoms with Gasteiger partial charge in [-0.2, -0.15) is 13.2 Å². The number of hydrogen-bond acceptors (Lipinski definition) is 5. The van der Waals surface area contributed by atoms with Gasteiger partial charge in [0, 0.05) is 17.0 Å². The zero-order valence-electron chi connectivity index (χ0n) is 14.4. The number of fused-ring (bicyclic) bond motifs is 3. The summed E-state index contributed by atoms with van der Waals surface area (Å²) in [6.07, 6.45) is -2.52. The van der Waals surface area contributed by atoms with Crippen LogP contribution in [0.3, 0.4) is 0 Å². The monoisotopic (exact) mass is 387 g/mol. The third kappa shape index (κ3) is 2.65. The summed E-state index contributed by atoms with van der Waals surface area (Å²) in [4.78, 5) is 16.9. The Hall–Kier alpha value is -3.55. The lowest BCUT2D eigenvalue weighted by atomic mass is 10.0. The minimum atomic E-state index is -4.68. The van der Waals surface area contributed by atoms with Crippen LogP contribution in [0.25, 0.3) is 33.0 Å². The van der Waals surface area contributed by atoms with Gasteiger partial charge in [-0.15, -0.1) is 0 Å². The first-order valence-electron chi connectivity index (χ1n) is 8.09. The maximum absolute atomic E-state index is 13.4. The van der Waals surface area contributed by atoms with Gasteiger partial charge in [-0.1, -0.05) is 0 Å². The maximum atomic E-state index is 13.4. The number of benzene rings is 2. The van der Waals surface area contributed by atoms with Gasteiger partial charge in [0.2, 0.25) is 5.43 Å². The number of aromatic nitrogens is 1. The molecular weight excluding hydrogens is 375 g/mol. The van der Waals surface area contributed by atoms with Crippen LogP contribution in [0.1, 0.15) is 5.56 Å². The van der Waals surface area contributed by atoms with E-state index in [0.717, 1.165) is 18.4 Å². The molecule has 5 nitrogen and oxygen atoms in total. The fourth-order valence-corrected chi connectivity index (χ4v) is 3.22. The third-order valence-corrected chi connectivity index (χ3v) is 4.44. The Morgan fingerprint density at radius 1 is 1.11 bits per heavy atom. The number of aromatic hydroxyl groups is 1. The van der Waals surface area contributed by atoms with Crippen molar-refractivity contribution in [2.75, 3.05) is 7.11 Å². The van der Waals surface area contributed by atoms with Gasteiger partial charge >= 0.3 is 6.18 Å². The fraction of sp³-hybridized carbons (Fsp3) is 0.100. The van der Waals surface area contributed by atoms with E-state index in [-0.39, 0.29) is 28.0 Å². The highest BCUT2D eigenvalue weighted by Crippen LogP contribution is 2.38. The van der Waals surface area contributed by atoms with Gasteiger partial charge in [0.1, 0.15) is 11.8 Å². The topological polar surface area (TPSA) is 72.6 Å². The Kier molecular flexibility index (Phi) is 3.99. The van der Waals surface area contributed by atoms with Crippen molar-refractivity contribution < 1.29 is 27.4 Å². The average Bonchev–Trinajstić information content (AvgIpc) is 2.67. The van der Waals surface area contributed by atoms with E-state index < -0.39 is 22.9 Å². The molecule has 0 fully saturated rings. The Bertz CT molecular complexity index is 1280. The number of phenols is 1. The molecule has 2 aromatic carbocycles. The maximum Gasteiger partial charge on any atom is 0.418 e. The van der Waals surface area contributed by atoms with Crippen molar-refractivity contribution in [2.24, 2.45) is 0 Å². The number of methoxy groups -OCH3 is 1. The van der Waals surface area contributed by atoms with Crippen molar-refractivity contribution in [3.8, 4) is 22.8 Å². The number of halogens is 3. The van der Waals surface area contributed by atoms with E-state index in [9.17, 15) is 23.1 Å². The van der Waals surface area contributed by atoms with Crippen LogP contribution in [0.2, 0.25) is 0 Å². The van der Waals surface area contributed by atoms with Crippen molar-refractivity contribution in [3.05, 3.63) is 64.6 Å². The highest BCUT2D eigenvalue weighted by Gasteiger charge is 2.35. The van der Waals surface area contributed by atoms with Gasteiger partial charge in [-0.25, -0.2) is 0 Å². The summed E-state index contributed by atoms with van der Waals surface area (Å²) in [5, 5.41) is 10.8. The van der Waals surface area contributed by atoms with E-state index in [0.29, 0.717) is 10.8 Å². The second kappa shape index (κ2) is 6.26. The molecule has 0 aliphatic carbocycles. The minimum Gasteiger partial charge on any atom is -0.504 e. The number of hydrogen-bond donors (Lipinski definition) is 1. The molecule has 2 heterocycles.